The Kier molecular flexibility index (Phi) is 2.49. The first kappa shape index (κ1) is 9.47. The second-order valence-corrected chi connectivity index (χ2v) is 6.23. The molecule has 1 N–H and O–H groups in total. The Hall–Kier alpha value is 0.250. The second kappa shape index (κ2) is 3.68. The van der Waals surface area contributed by atoms with Crippen LogP contribution in [0, 0.1) is 17.8 Å². The highest BCUT2D eigenvalue weighted by atomic mass is 35.5. The largest absolute Gasteiger partial charge is 0.314 e. The Morgan fingerprint density at radius 2 is 1.93 bits per heavy atom. The molecular formula is C12H20ClN. The van der Waals surface area contributed by atoms with E-state index >= 15 is 0 Å². The third kappa shape index (κ3) is 1.69. The van der Waals surface area contributed by atoms with Crippen LogP contribution >= 0.6 is 11.6 Å². The second-order valence-electron chi connectivity index (χ2n) is 5.61. The van der Waals surface area contributed by atoms with Crippen molar-refractivity contribution in [2.45, 2.75) is 49.9 Å². The molecule has 80 valence electrons. The van der Waals surface area contributed by atoms with E-state index in [9.17, 15) is 0 Å². The van der Waals surface area contributed by atoms with Crippen LogP contribution in [-0.2, 0) is 0 Å². The number of alkyl halides is 1. The summed E-state index contributed by atoms with van der Waals surface area (Å²) in [6, 6.07) is 0.747. The lowest BCUT2D eigenvalue weighted by molar-refractivity contribution is 0.271. The molecule has 3 saturated carbocycles. The number of hydrogen-bond donors (Lipinski definition) is 1. The van der Waals surface area contributed by atoms with Crippen LogP contribution in [0.25, 0.3) is 0 Å². The van der Waals surface area contributed by atoms with E-state index in [0.717, 1.165) is 23.8 Å². The Labute approximate surface area is 91.6 Å². The van der Waals surface area contributed by atoms with Crippen molar-refractivity contribution in [1.82, 2.24) is 5.32 Å². The van der Waals surface area contributed by atoms with Crippen LogP contribution in [0.5, 0.6) is 0 Å². The van der Waals surface area contributed by atoms with Crippen LogP contribution < -0.4 is 5.32 Å². The van der Waals surface area contributed by atoms with Crippen LogP contribution in [0.15, 0.2) is 0 Å². The molecule has 0 spiro atoms. The van der Waals surface area contributed by atoms with E-state index in [0.29, 0.717) is 5.38 Å². The van der Waals surface area contributed by atoms with Crippen molar-refractivity contribution in [3.63, 3.8) is 0 Å². The highest BCUT2D eigenvalue weighted by Gasteiger charge is 2.39. The monoisotopic (exact) mass is 213 g/mol. The molecule has 0 aromatic heterocycles. The van der Waals surface area contributed by atoms with Crippen molar-refractivity contribution >= 4 is 11.6 Å². The molecule has 3 aliphatic carbocycles. The molecule has 0 saturated heterocycles. The van der Waals surface area contributed by atoms with E-state index in [4.69, 9.17) is 11.6 Å². The molecule has 3 rings (SSSR count). The molecular weight excluding hydrogens is 194 g/mol. The molecule has 0 radical (unpaired) electrons. The first-order valence-corrected chi connectivity index (χ1v) is 6.62. The zero-order valence-electron chi connectivity index (χ0n) is 8.71. The van der Waals surface area contributed by atoms with Gasteiger partial charge in [-0.3, -0.25) is 0 Å². The fourth-order valence-corrected chi connectivity index (χ4v) is 4.09. The van der Waals surface area contributed by atoms with Crippen molar-refractivity contribution in [3.05, 3.63) is 0 Å². The molecule has 1 nitrogen and oxygen atoms in total. The van der Waals surface area contributed by atoms with Crippen LogP contribution in [0.3, 0.4) is 0 Å². The van der Waals surface area contributed by atoms with Crippen molar-refractivity contribution in [2.24, 2.45) is 17.8 Å². The van der Waals surface area contributed by atoms with Crippen LogP contribution in [0.4, 0.5) is 0 Å². The number of hydrogen-bond acceptors (Lipinski definition) is 1. The lowest BCUT2D eigenvalue weighted by Crippen LogP contribution is -2.44. The predicted octanol–water partition coefficient (Wildman–Crippen LogP) is 2.78. The van der Waals surface area contributed by atoms with Gasteiger partial charge in [0, 0.05) is 11.4 Å². The summed E-state index contributed by atoms with van der Waals surface area (Å²) in [4.78, 5) is 0. The van der Waals surface area contributed by atoms with Crippen LogP contribution in [0.1, 0.15) is 38.5 Å². The molecule has 3 aliphatic rings. The van der Waals surface area contributed by atoms with Gasteiger partial charge in [0.2, 0.25) is 0 Å². The molecule has 2 bridgehead atoms. The minimum Gasteiger partial charge on any atom is -0.314 e. The Bertz CT molecular complexity index is 212. The number of nitrogens with one attached hydrogen (secondary N) is 1. The van der Waals surface area contributed by atoms with E-state index in [1.807, 2.05) is 0 Å². The highest BCUT2D eigenvalue weighted by molar-refractivity contribution is 6.21. The molecule has 3 unspecified atom stereocenters. The zero-order chi connectivity index (χ0) is 9.54. The molecule has 0 heterocycles. The predicted molar refractivity (Wildman–Crippen MR) is 59.6 cm³/mol. The van der Waals surface area contributed by atoms with Crippen molar-refractivity contribution < 1.29 is 0 Å². The van der Waals surface area contributed by atoms with E-state index < -0.39 is 0 Å². The average Bonchev–Trinajstić information content (AvgIpc) is 2.71. The lowest BCUT2D eigenvalue weighted by atomic mass is 9.87. The lowest BCUT2D eigenvalue weighted by Gasteiger charge is -2.34. The van der Waals surface area contributed by atoms with Gasteiger partial charge in [0.15, 0.2) is 0 Å². The van der Waals surface area contributed by atoms with E-state index in [-0.39, 0.29) is 0 Å². The average molecular weight is 214 g/mol. The Morgan fingerprint density at radius 1 is 1.07 bits per heavy atom. The number of rotatable bonds is 3. The third-order valence-electron chi connectivity index (χ3n) is 4.63. The van der Waals surface area contributed by atoms with Crippen molar-refractivity contribution in [3.8, 4) is 0 Å². The fourth-order valence-electron chi connectivity index (χ4n) is 3.66. The van der Waals surface area contributed by atoms with Gasteiger partial charge in [-0.25, -0.2) is 0 Å². The molecule has 0 aromatic rings. The minimum atomic E-state index is 0.465. The van der Waals surface area contributed by atoms with E-state index in [2.05, 4.69) is 5.32 Å². The molecule has 0 aromatic carbocycles. The van der Waals surface area contributed by atoms with Crippen molar-refractivity contribution in [1.29, 1.82) is 0 Å². The summed E-state index contributed by atoms with van der Waals surface area (Å²) in [6.45, 7) is 1.27. The highest BCUT2D eigenvalue weighted by Crippen LogP contribution is 2.48. The topological polar surface area (TPSA) is 12.0 Å². The van der Waals surface area contributed by atoms with Gasteiger partial charge in [0.25, 0.3) is 0 Å². The summed E-state index contributed by atoms with van der Waals surface area (Å²) < 4.78 is 0. The van der Waals surface area contributed by atoms with Gasteiger partial charge in [-0.2, -0.15) is 0 Å². The summed E-state index contributed by atoms with van der Waals surface area (Å²) in [5, 5.41) is 4.16. The Morgan fingerprint density at radius 3 is 2.50 bits per heavy atom. The minimum absolute atomic E-state index is 0.465. The zero-order valence-corrected chi connectivity index (χ0v) is 9.47. The van der Waals surface area contributed by atoms with Gasteiger partial charge in [-0.1, -0.05) is 6.42 Å². The summed E-state index contributed by atoms with van der Waals surface area (Å²) in [7, 11) is 0. The van der Waals surface area contributed by atoms with Gasteiger partial charge in [0.1, 0.15) is 0 Å². The smallest absolute Gasteiger partial charge is 0.0365 e. The molecule has 0 amide bonds. The SMILES string of the molecule is ClC1CC(NCC2CC3CCC2C3)C1. The maximum absolute atomic E-state index is 5.96. The van der Waals surface area contributed by atoms with Gasteiger partial charge >= 0.3 is 0 Å². The molecule has 0 aliphatic heterocycles. The Balaban J connectivity index is 1.41. The number of halogens is 1. The summed E-state index contributed by atoms with van der Waals surface area (Å²) in [5.74, 6) is 3.16. The summed E-state index contributed by atoms with van der Waals surface area (Å²) in [5.41, 5.74) is 0. The summed E-state index contributed by atoms with van der Waals surface area (Å²) in [6.07, 6.45) is 8.47. The van der Waals surface area contributed by atoms with Crippen molar-refractivity contribution in [2.75, 3.05) is 6.54 Å². The first-order valence-electron chi connectivity index (χ1n) is 6.18. The molecule has 3 atom stereocenters. The van der Waals surface area contributed by atoms with E-state index in [1.165, 1.54) is 45.1 Å². The van der Waals surface area contributed by atoms with Crippen LogP contribution in [-0.4, -0.2) is 18.0 Å². The third-order valence-corrected chi connectivity index (χ3v) is 4.99. The number of fused-ring (bicyclic) bond motifs is 2. The summed E-state index contributed by atoms with van der Waals surface area (Å²) >= 11 is 5.96. The maximum Gasteiger partial charge on any atom is 0.0365 e. The maximum atomic E-state index is 5.96. The van der Waals surface area contributed by atoms with Gasteiger partial charge < -0.3 is 5.32 Å². The standard InChI is InChI=1S/C12H20ClN/c13-11-5-12(6-11)14-7-10-4-8-1-2-9(10)3-8/h8-12,14H,1-7H2. The fraction of sp³-hybridized carbons (Fsp3) is 1.00. The van der Waals surface area contributed by atoms with Gasteiger partial charge in [-0.05, 0) is 56.4 Å². The van der Waals surface area contributed by atoms with Gasteiger partial charge in [-0.15, -0.1) is 11.6 Å². The van der Waals surface area contributed by atoms with Crippen LogP contribution in [0.2, 0.25) is 0 Å². The molecule has 3 fully saturated rings. The normalized spacial score (nSPS) is 50.8. The quantitative estimate of drug-likeness (QED) is 0.711. The molecule has 14 heavy (non-hydrogen) atoms. The van der Waals surface area contributed by atoms with Gasteiger partial charge in [0.05, 0.1) is 0 Å². The first-order chi connectivity index (χ1) is 6.81. The molecule has 2 heteroatoms. The van der Waals surface area contributed by atoms with E-state index in [1.54, 1.807) is 0 Å².